The Balaban J connectivity index is 1.57. The molecule has 6 nitrogen and oxygen atoms in total. The van der Waals surface area contributed by atoms with Gasteiger partial charge in [0.15, 0.2) is 5.16 Å². The average molecular weight is 586 g/mol. The molecule has 0 atom stereocenters. The molecule has 1 heterocycles. The summed E-state index contributed by atoms with van der Waals surface area (Å²) in [6.45, 7) is 1.83. The van der Waals surface area contributed by atoms with Gasteiger partial charge in [0.25, 0.3) is 11.5 Å². The van der Waals surface area contributed by atoms with Gasteiger partial charge in [-0.2, -0.15) is 5.10 Å². The molecular weight excluding hydrogens is 568 g/mol. The first-order chi connectivity index (χ1) is 15.9. The zero-order valence-corrected chi connectivity index (χ0v) is 21.4. The summed E-state index contributed by atoms with van der Waals surface area (Å²) in [4.78, 5) is 30.4. The number of thioether (sulfide) groups is 1. The summed E-state index contributed by atoms with van der Waals surface area (Å²) in [6, 6.07) is 22.2. The van der Waals surface area contributed by atoms with Crippen molar-refractivity contribution in [1.29, 1.82) is 0 Å². The maximum atomic E-state index is 13.2. The highest BCUT2D eigenvalue weighted by Crippen LogP contribution is 2.22. The van der Waals surface area contributed by atoms with E-state index in [1.165, 1.54) is 16.3 Å². The molecule has 0 unspecified atom stereocenters. The first-order valence-corrected chi connectivity index (χ1v) is 12.5. The number of para-hydroxylation sites is 1. The smallest absolute Gasteiger partial charge is 0.266 e. The fraction of sp³-hybridized carbons (Fsp3) is 0.0833. The lowest BCUT2D eigenvalue weighted by Gasteiger charge is -2.13. The van der Waals surface area contributed by atoms with Gasteiger partial charge >= 0.3 is 0 Å². The fourth-order valence-corrected chi connectivity index (χ4v) is 4.42. The van der Waals surface area contributed by atoms with Crippen LogP contribution in [0.1, 0.15) is 12.5 Å². The number of aromatic nitrogens is 2. The predicted molar refractivity (Wildman–Crippen MR) is 140 cm³/mol. The molecule has 1 aromatic heterocycles. The van der Waals surface area contributed by atoms with Gasteiger partial charge in [-0.15, -0.1) is 0 Å². The number of hydrogen-bond donors (Lipinski definition) is 1. The van der Waals surface area contributed by atoms with Crippen molar-refractivity contribution in [1.82, 2.24) is 15.0 Å². The molecule has 166 valence electrons. The van der Waals surface area contributed by atoms with E-state index in [0.717, 1.165) is 14.5 Å². The van der Waals surface area contributed by atoms with Crippen molar-refractivity contribution >= 4 is 66.1 Å². The maximum absolute atomic E-state index is 13.2. The molecule has 0 bridgehead atoms. The Bertz CT molecular complexity index is 1400. The standard InChI is InChI=1S/C24H18Br2N4O2S/c1-15(16-6-8-17(25)9-7-16)28-29-22(31)14-33-24-27-21-5-3-2-4-20(21)23(32)30(24)19-12-10-18(26)11-13-19/h2-13H,14H2,1H3,(H,29,31)/b28-15-. The molecule has 0 saturated carbocycles. The lowest BCUT2D eigenvalue weighted by atomic mass is 10.1. The zero-order chi connectivity index (χ0) is 23.4. The van der Waals surface area contributed by atoms with Crippen LogP contribution in [0, 0.1) is 0 Å². The van der Waals surface area contributed by atoms with Crippen molar-refractivity contribution in [2.24, 2.45) is 5.10 Å². The second-order valence-corrected chi connectivity index (χ2v) is 9.83. The average Bonchev–Trinajstić information content (AvgIpc) is 2.82. The van der Waals surface area contributed by atoms with Gasteiger partial charge in [-0.25, -0.2) is 10.4 Å². The largest absolute Gasteiger partial charge is 0.272 e. The van der Waals surface area contributed by atoms with Crippen LogP contribution in [-0.4, -0.2) is 26.9 Å². The molecular formula is C24H18Br2N4O2S. The number of halogens is 2. The molecule has 0 spiro atoms. The normalized spacial score (nSPS) is 11.5. The van der Waals surface area contributed by atoms with Crippen LogP contribution in [0.3, 0.4) is 0 Å². The molecule has 0 radical (unpaired) electrons. The van der Waals surface area contributed by atoms with Crippen LogP contribution < -0.4 is 11.0 Å². The van der Waals surface area contributed by atoms with Gasteiger partial charge < -0.3 is 0 Å². The van der Waals surface area contributed by atoms with Crippen LogP contribution in [0.4, 0.5) is 0 Å². The summed E-state index contributed by atoms with van der Waals surface area (Å²) in [5, 5.41) is 5.14. The number of rotatable bonds is 6. The highest BCUT2D eigenvalue weighted by molar-refractivity contribution is 9.10. The van der Waals surface area contributed by atoms with Crippen molar-refractivity contribution in [2.45, 2.75) is 12.1 Å². The van der Waals surface area contributed by atoms with E-state index in [-0.39, 0.29) is 17.2 Å². The molecule has 4 aromatic rings. The zero-order valence-electron chi connectivity index (χ0n) is 17.5. The Morgan fingerprint density at radius 2 is 1.64 bits per heavy atom. The number of amides is 1. The van der Waals surface area contributed by atoms with Crippen LogP contribution in [-0.2, 0) is 4.79 Å². The highest BCUT2D eigenvalue weighted by Gasteiger charge is 2.15. The van der Waals surface area contributed by atoms with Gasteiger partial charge in [0, 0.05) is 8.95 Å². The summed E-state index contributed by atoms with van der Waals surface area (Å²) >= 11 is 8.00. The van der Waals surface area contributed by atoms with E-state index < -0.39 is 0 Å². The van der Waals surface area contributed by atoms with Crippen LogP contribution >= 0.6 is 43.6 Å². The number of carbonyl (C=O) groups excluding carboxylic acids is 1. The maximum Gasteiger partial charge on any atom is 0.266 e. The number of benzene rings is 3. The third-order valence-corrected chi connectivity index (χ3v) is 6.77. The molecule has 9 heteroatoms. The molecule has 4 rings (SSSR count). The molecule has 33 heavy (non-hydrogen) atoms. The van der Waals surface area contributed by atoms with Gasteiger partial charge in [-0.05, 0) is 61.0 Å². The number of hydrogen-bond acceptors (Lipinski definition) is 5. The van der Waals surface area contributed by atoms with Gasteiger partial charge in [0.05, 0.1) is 28.1 Å². The van der Waals surface area contributed by atoms with E-state index in [0.29, 0.717) is 27.5 Å². The van der Waals surface area contributed by atoms with Crippen molar-refractivity contribution in [3.63, 3.8) is 0 Å². The summed E-state index contributed by atoms with van der Waals surface area (Å²) in [6.07, 6.45) is 0. The topological polar surface area (TPSA) is 76.3 Å². The number of nitrogens with one attached hydrogen (secondary N) is 1. The SMILES string of the molecule is C/C(=N/NC(=O)CSc1nc2ccccc2c(=O)n1-c1ccc(Br)cc1)c1ccc(Br)cc1. The number of fused-ring (bicyclic) bond motifs is 1. The van der Waals surface area contributed by atoms with Crippen LogP contribution in [0.25, 0.3) is 16.6 Å². The van der Waals surface area contributed by atoms with Crippen molar-refractivity contribution in [3.8, 4) is 5.69 Å². The van der Waals surface area contributed by atoms with Crippen LogP contribution in [0.5, 0.6) is 0 Å². The minimum absolute atomic E-state index is 0.0540. The summed E-state index contributed by atoms with van der Waals surface area (Å²) < 4.78 is 3.41. The summed E-state index contributed by atoms with van der Waals surface area (Å²) in [5.74, 6) is -0.237. The predicted octanol–water partition coefficient (Wildman–Crippen LogP) is 5.54. The van der Waals surface area contributed by atoms with Gasteiger partial charge in [-0.1, -0.05) is 67.9 Å². The van der Waals surface area contributed by atoms with Crippen LogP contribution in [0.2, 0.25) is 0 Å². The van der Waals surface area contributed by atoms with Crippen molar-refractivity contribution < 1.29 is 4.79 Å². The third-order valence-electron chi connectivity index (χ3n) is 4.77. The molecule has 0 saturated heterocycles. The first kappa shape index (κ1) is 23.4. The van der Waals surface area contributed by atoms with E-state index in [1.807, 2.05) is 67.6 Å². The fourth-order valence-electron chi connectivity index (χ4n) is 3.09. The Morgan fingerprint density at radius 3 is 2.33 bits per heavy atom. The Morgan fingerprint density at radius 1 is 1.00 bits per heavy atom. The highest BCUT2D eigenvalue weighted by atomic mass is 79.9. The minimum Gasteiger partial charge on any atom is -0.272 e. The first-order valence-electron chi connectivity index (χ1n) is 9.92. The number of carbonyl (C=O) groups is 1. The molecule has 0 aliphatic carbocycles. The molecule has 1 N–H and O–H groups in total. The molecule has 0 aliphatic heterocycles. The van der Waals surface area contributed by atoms with E-state index in [1.54, 1.807) is 12.1 Å². The lowest BCUT2D eigenvalue weighted by Crippen LogP contribution is -2.24. The second kappa shape index (κ2) is 10.5. The molecule has 0 aliphatic rings. The van der Waals surface area contributed by atoms with E-state index in [9.17, 15) is 9.59 Å². The quantitative estimate of drug-likeness (QED) is 0.139. The monoisotopic (exact) mass is 584 g/mol. The minimum atomic E-state index is -0.291. The lowest BCUT2D eigenvalue weighted by molar-refractivity contribution is -0.118. The Hall–Kier alpha value is -2.75. The third kappa shape index (κ3) is 5.61. The van der Waals surface area contributed by atoms with E-state index in [2.05, 4.69) is 47.4 Å². The van der Waals surface area contributed by atoms with Gasteiger partial charge in [0.2, 0.25) is 0 Å². The molecule has 0 fully saturated rings. The second-order valence-electron chi connectivity index (χ2n) is 7.06. The molecule has 1 amide bonds. The van der Waals surface area contributed by atoms with E-state index in [4.69, 9.17) is 0 Å². The van der Waals surface area contributed by atoms with Gasteiger partial charge in [-0.3, -0.25) is 14.2 Å². The summed E-state index contributed by atoms with van der Waals surface area (Å²) in [7, 11) is 0. The van der Waals surface area contributed by atoms with Gasteiger partial charge in [0.1, 0.15) is 0 Å². The summed E-state index contributed by atoms with van der Waals surface area (Å²) in [5.41, 5.74) is 5.25. The Kier molecular flexibility index (Phi) is 7.42. The van der Waals surface area contributed by atoms with Crippen molar-refractivity contribution in [3.05, 3.63) is 97.7 Å². The van der Waals surface area contributed by atoms with E-state index >= 15 is 0 Å². The molecule has 3 aromatic carbocycles. The Labute approximate surface area is 211 Å². The number of nitrogens with zero attached hydrogens (tertiary/aromatic N) is 3. The number of hydrazone groups is 1. The van der Waals surface area contributed by atoms with Crippen molar-refractivity contribution in [2.75, 3.05) is 5.75 Å². The van der Waals surface area contributed by atoms with Crippen LogP contribution in [0.15, 0.2) is 96.8 Å².